The van der Waals surface area contributed by atoms with Crippen molar-refractivity contribution in [3.8, 4) is 0 Å². The van der Waals surface area contributed by atoms with Crippen molar-refractivity contribution in [2.24, 2.45) is 11.5 Å². The van der Waals surface area contributed by atoms with Crippen LogP contribution in [0.5, 0.6) is 0 Å². The van der Waals surface area contributed by atoms with E-state index in [1.807, 2.05) is 0 Å². The summed E-state index contributed by atoms with van der Waals surface area (Å²) >= 11 is 1.44. The van der Waals surface area contributed by atoms with Gasteiger partial charge in [0.2, 0.25) is 0 Å². The second-order valence-corrected chi connectivity index (χ2v) is 2.99. The van der Waals surface area contributed by atoms with Crippen LogP contribution in [0.3, 0.4) is 0 Å². The number of nitrogens with two attached hydrogens (primary N) is 2. The fraction of sp³-hybridized carbons (Fsp3) is 0.500. The first-order valence-electron chi connectivity index (χ1n) is 3.11. The van der Waals surface area contributed by atoms with Crippen molar-refractivity contribution in [1.29, 1.82) is 0 Å². The Bertz CT molecular complexity index is 150. The summed E-state index contributed by atoms with van der Waals surface area (Å²) in [4.78, 5) is 10.2. The molecule has 4 nitrogen and oxygen atoms in total. The van der Waals surface area contributed by atoms with Crippen molar-refractivity contribution < 1.29 is 9.90 Å². The van der Waals surface area contributed by atoms with E-state index in [1.54, 1.807) is 6.08 Å². The fourth-order valence-electron chi connectivity index (χ4n) is 0.390. The van der Waals surface area contributed by atoms with Gasteiger partial charge in [-0.1, -0.05) is 6.08 Å². The van der Waals surface area contributed by atoms with Gasteiger partial charge >= 0.3 is 5.97 Å². The van der Waals surface area contributed by atoms with Crippen LogP contribution < -0.4 is 11.5 Å². The number of aliphatic carboxylic acids is 1. The highest BCUT2D eigenvalue weighted by Crippen LogP contribution is 2.01. The van der Waals surface area contributed by atoms with Crippen LogP contribution in [0, 0.1) is 0 Å². The first-order valence-corrected chi connectivity index (χ1v) is 4.26. The van der Waals surface area contributed by atoms with Gasteiger partial charge in [-0.05, 0) is 6.20 Å². The molecule has 5 N–H and O–H groups in total. The van der Waals surface area contributed by atoms with Crippen LogP contribution >= 0.6 is 11.8 Å². The van der Waals surface area contributed by atoms with Crippen LogP contribution in [0.15, 0.2) is 12.3 Å². The van der Waals surface area contributed by atoms with Crippen LogP contribution in [0.25, 0.3) is 0 Å². The molecule has 0 heterocycles. The summed E-state index contributed by atoms with van der Waals surface area (Å²) < 4.78 is 0. The Kier molecular flexibility index (Phi) is 5.68. The molecule has 0 fully saturated rings. The number of carboxylic acid groups (broad SMARTS) is 1. The van der Waals surface area contributed by atoms with Gasteiger partial charge in [-0.3, -0.25) is 4.79 Å². The zero-order valence-corrected chi connectivity index (χ0v) is 6.88. The SMILES string of the molecule is NC=CCSC[C@@H](N)C(=O)O. The van der Waals surface area contributed by atoms with Crippen molar-refractivity contribution in [1.82, 2.24) is 0 Å². The van der Waals surface area contributed by atoms with Crippen molar-refractivity contribution in [3.63, 3.8) is 0 Å². The van der Waals surface area contributed by atoms with Gasteiger partial charge in [0.25, 0.3) is 0 Å². The normalized spacial score (nSPS) is 13.5. The van der Waals surface area contributed by atoms with Crippen LogP contribution in [0.4, 0.5) is 0 Å². The number of thioether (sulfide) groups is 1. The minimum atomic E-state index is -0.964. The Balaban J connectivity index is 3.31. The summed E-state index contributed by atoms with van der Waals surface area (Å²) in [6.45, 7) is 0. The minimum absolute atomic E-state index is 0.416. The third kappa shape index (κ3) is 5.75. The third-order valence-electron chi connectivity index (χ3n) is 0.965. The van der Waals surface area contributed by atoms with Crippen molar-refractivity contribution in [2.45, 2.75) is 6.04 Å². The molecule has 0 aliphatic carbocycles. The maximum absolute atomic E-state index is 10.2. The number of hydrogen-bond donors (Lipinski definition) is 3. The molecule has 0 rings (SSSR count). The van der Waals surface area contributed by atoms with E-state index in [2.05, 4.69) is 0 Å². The Morgan fingerprint density at radius 1 is 1.73 bits per heavy atom. The second kappa shape index (κ2) is 6.06. The van der Waals surface area contributed by atoms with Gasteiger partial charge in [-0.25, -0.2) is 0 Å². The molecule has 0 spiro atoms. The van der Waals surface area contributed by atoms with Crippen LogP contribution in [-0.4, -0.2) is 28.6 Å². The van der Waals surface area contributed by atoms with Crippen LogP contribution in [0.2, 0.25) is 0 Å². The Morgan fingerprint density at radius 3 is 2.82 bits per heavy atom. The summed E-state index contributed by atoms with van der Waals surface area (Å²) in [5.74, 6) is 0.158. The number of carboxylic acids is 1. The predicted octanol–water partition coefficient (Wildman–Crippen LogP) is -0.396. The van der Waals surface area contributed by atoms with Gasteiger partial charge in [0.05, 0.1) is 0 Å². The predicted molar refractivity (Wildman–Crippen MR) is 46.3 cm³/mol. The molecular weight excluding hydrogens is 164 g/mol. The standard InChI is InChI=1S/C6H12N2O2S/c7-2-1-3-11-4-5(8)6(9)10/h1-2,5H,3-4,7-8H2,(H,9,10)/t5-/m1/s1. The monoisotopic (exact) mass is 176 g/mol. The molecule has 0 aromatic carbocycles. The highest BCUT2D eigenvalue weighted by Gasteiger charge is 2.09. The summed E-state index contributed by atoms with van der Waals surface area (Å²) in [5, 5.41) is 8.36. The molecule has 5 heteroatoms. The van der Waals surface area contributed by atoms with Gasteiger partial charge in [-0.2, -0.15) is 11.8 Å². The smallest absolute Gasteiger partial charge is 0.321 e. The molecule has 0 saturated carbocycles. The van der Waals surface area contributed by atoms with Crippen molar-refractivity contribution in [2.75, 3.05) is 11.5 Å². The van der Waals surface area contributed by atoms with E-state index in [0.717, 1.165) is 0 Å². The third-order valence-corrected chi connectivity index (χ3v) is 1.99. The zero-order valence-electron chi connectivity index (χ0n) is 6.06. The molecule has 0 unspecified atom stereocenters. The first-order chi connectivity index (χ1) is 5.18. The Hall–Kier alpha value is -0.680. The van der Waals surface area contributed by atoms with E-state index in [9.17, 15) is 4.79 Å². The summed E-state index contributed by atoms with van der Waals surface area (Å²) in [6.07, 6.45) is 3.18. The molecule has 0 aliphatic rings. The van der Waals surface area contributed by atoms with Crippen LogP contribution in [0.1, 0.15) is 0 Å². The van der Waals surface area contributed by atoms with E-state index in [-0.39, 0.29) is 0 Å². The number of hydrogen-bond acceptors (Lipinski definition) is 4. The molecule has 0 aromatic heterocycles. The lowest BCUT2D eigenvalue weighted by molar-refractivity contribution is -0.137. The molecule has 0 saturated heterocycles. The summed E-state index contributed by atoms with van der Waals surface area (Å²) in [7, 11) is 0. The molecule has 0 radical (unpaired) electrons. The number of rotatable bonds is 5. The summed E-state index contributed by atoms with van der Waals surface area (Å²) in [6, 6.07) is -0.772. The fourth-order valence-corrected chi connectivity index (χ4v) is 1.17. The Morgan fingerprint density at radius 2 is 2.36 bits per heavy atom. The number of carbonyl (C=O) groups is 1. The highest BCUT2D eigenvalue weighted by atomic mass is 32.2. The largest absolute Gasteiger partial charge is 0.480 e. The maximum Gasteiger partial charge on any atom is 0.321 e. The van der Waals surface area contributed by atoms with Crippen LogP contribution in [-0.2, 0) is 4.79 Å². The van der Waals surface area contributed by atoms with Gasteiger partial charge in [0, 0.05) is 11.5 Å². The lowest BCUT2D eigenvalue weighted by Crippen LogP contribution is -2.32. The quantitative estimate of drug-likeness (QED) is 0.496. The van der Waals surface area contributed by atoms with Crippen molar-refractivity contribution in [3.05, 3.63) is 12.3 Å². The molecule has 0 aromatic rings. The Labute approximate surface area is 69.6 Å². The highest BCUT2D eigenvalue weighted by molar-refractivity contribution is 7.99. The molecule has 0 bridgehead atoms. The first kappa shape index (κ1) is 10.3. The lowest BCUT2D eigenvalue weighted by Gasteiger charge is -2.02. The second-order valence-electron chi connectivity index (χ2n) is 1.91. The molecular formula is C6H12N2O2S. The van der Waals surface area contributed by atoms with Gasteiger partial charge in [0.1, 0.15) is 6.04 Å². The van der Waals surface area contributed by atoms with E-state index in [4.69, 9.17) is 16.6 Å². The minimum Gasteiger partial charge on any atom is -0.480 e. The zero-order chi connectivity index (χ0) is 8.69. The molecule has 11 heavy (non-hydrogen) atoms. The van der Waals surface area contributed by atoms with Gasteiger partial charge < -0.3 is 16.6 Å². The van der Waals surface area contributed by atoms with E-state index in [0.29, 0.717) is 11.5 Å². The summed E-state index contributed by atoms with van der Waals surface area (Å²) in [5.41, 5.74) is 10.3. The van der Waals surface area contributed by atoms with Crippen molar-refractivity contribution >= 4 is 17.7 Å². The lowest BCUT2D eigenvalue weighted by atomic mass is 10.4. The molecule has 0 aliphatic heterocycles. The van der Waals surface area contributed by atoms with E-state index >= 15 is 0 Å². The molecule has 64 valence electrons. The topological polar surface area (TPSA) is 89.3 Å². The maximum atomic E-state index is 10.2. The molecule has 1 atom stereocenters. The van der Waals surface area contributed by atoms with Gasteiger partial charge in [0.15, 0.2) is 0 Å². The van der Waals surface area contributed by atoms with E-state index in [1.165, 1.54) is 18.0 Å². The average molecular weight is 176 g/mol. The average Bonchev–Trinajstić information content (AvgIpc) is 1.97. The van der Waals surface area contributed by atoms with Gasteiger partial charge in [-0.15, -0.1) is 0 Å². The molecule has 0 amide bonds. The van der Waals surface area contributed by atoms with E-state index < -0.39 is 12.0 Å².